The lowest BCUT2D eigenvalue weighted by Gasteiger charge is -2.05. The molecule has 0 fully saturated rings. The van der Waals surface area contributed by atoms with Crippen molar-refractivity contribution in [2.24, 2.45) is 0 Å². The number of carbonyl (C=O) groups is 3. The van der Waals surface area contributed by atoms with E-state index in [1.165, 1.54) is 19.1 Å². The number of aryl methyl sites for hydroxylation is 2. The van der Waals surface area contributed by atoms with Crippen LogP contribution in [0.1, 0.15) is 54.9 Å². The second-order valence-corrected chi connectivity index (χ2v) is 5.64. The molecule has 0 saturated heterocycles. The predicted octanol–water partition coefficient (Wildman–Crippen LogP) is 3.32. The van der Waals surface area contributed by atoms with Gasteiger partial charge in [0, 0.05) is 11.3 Å². The van der Waals surface area contributed by atoms with Crippen molar-refractivity contribution in [2.75, 3.05) is 6.61 Å². The summed E-state index contributed by atoms with van der Waals surface area (Å²) < 4.78 is 18.4. The molecule has 0 spiro atoms. The van der Waals surface area contributed by atoms with E-state index in [1.807, 2.05) is 0 Å². The second kappa shape index (κ2) is 6.78. The summed E-state index contributed by atoms with van der Waals surface area (Å²) in [5, 5.41) is 0. The number of hydrogen-bond acceptors (Lipinski definition) is 4. The van der Waals surface area contributed by atoms with Gasteiger partial charge in [0.25, 0.3) is 0 Å². The van der Waals surface area contributed by atoms with Crippen LogP contribution in [0.3, 0.4) is 0 Å². The molecule has 0 saturated carbocycles. The molecule has 0 amide bonds. The molecule has 0 atom stereocenters. The van der Waals surface area contributed by atoms with Crippen LogP contribution in [0.15, 0.2) is 18.2 Å². The van der Waals surface area contributed by atoms with E-state index >= 15 is 0 Å². The Morgan fingerprint density at radius 1 is 1.17 bits per heavy atom. The van der Waals surface area contributed by atoms with Gasteiger partial charge in [-0.05, 0) is 51.0 Å². The Labute approximate surface area is 138 Å². The Kier molecular flexibility index (Phi) is 4.97. The summed E-state index contributed by atoms with van der Waals surface area (Å²) in [6.07, 6.45) is 0. The zero-order valence-corrected chi connectivity index (χ0v) is 14.0. The van der Waals surface area contributed by atoms with E-state index < -0.39 is 24.2 Å². The largest absolute Gasteiger partial charge is 0.454 e. The van der Waals surface area contributed by atoms with Gasteiger partial charge >= 0.3 is 5.97 Å². The number of halogens is 1. The molecule has 5 nitrogen and oxygen atoms in total. The third-order valence-electron chi connectivity index (χ3n) is 3.81. The average Bonchev–Trinajstić information content (AvgIpc) is 2.82. The highest BCUT2D eigenvalue weighted by atomic mass is 19.1. The minimum atomic E-state index is -0.782. The minimum absolute atomic E-state index is 0.0368. The molecule has 1 aromatic carbocycles. The lowest BCUT2D eigenvalue weighted by molar-refractivity contribution is 0.0473. The quantitative estimate of drug-likeness (QED) is 0.673. The summed E-state index contributed by atoms with van der Waals surface area (Å²) in [5.41, 5.74) is 2.27. The molecule has 0 aliphatic carbocycles. The molecule has 2 rings (SSSR count). The van der Waals surface area contributed by atoms with Crippen molar-refractivity contribution < 1.29 is 23.5 Å². The first-order chi connectivity index (χ1) is 11.2. The van der Waals surface area contributed by atoms with Crippen molar-refractivity contribution in [1.82, 2.24) is 4.98 Å². The molecule has 0 aliphatic heterocycles. The van der Waals surface area contributed by atoms with Crippen molar-refractivity contribution in [2.45, 2.75) is 27.7 Å². The lowest BCUT2D eigenvalue weighted by Crippen LogP contribution is -2.15. The molecule has 1 N–H and O–H groups in total. The zero-order valence-electron chi connectivity index (χ0n) is 14.0. The maximum atomic E-state index is 13.5. The summed E-state index contributed by atoms with van der Waals surface area (Å²) >= 11 is 0. The summed E-state index contributed by atoms with van der Waals surface area (Å²) in [6.45, 7) is 5.86. The Morgan fingerprint density at radius 3 is 2.38 bits per heavy atom. The number of aromatic nitrogens is 1. The minimum Gasteiger partial charge on any atom is -0.454 e. The molecule has 1 aromatic heterocycles. The Balaban J connectivity index is 2.11. The first-order valence-electron chi connectivity index (χ1n) is 7.39. The number of esters is 1. The Morgan fingerprint density at radius 2 is 1.83 bits per heavy atom. The van der Waals surface area contributed by atoms with E-state index in [4.69, 9.17) is 4.74 Å². The maximum absolute atomic E-state index is 13.5. The standard InChI is InChI=1S/C18H18FNO4/c1-9-5-6-13(7-14(9)19)18(23)24-8-15(22)17-10(2)16(12(4)21)11(3)20-17/h5-7,20H,8H2,1-4H3. The fraction of sp³-hybridized carbons (Fsp3) is 0.278. The number of H-pyrrole nitrogens is 1. The molecule has 0 bridgehead atoms. The third-order valence-corrected chi connectivity index (χ3v) is 3.81. The molecule has 24 heavy (non-hydrogen) atoms. The highest BCUT2D eigenvalue weighted by Gasteiger charge is 2.21. The summed E-state index contributed by atoms with van der Waals surface area (Å²) in [5.74, 6) is -1.90. The number of ether oxygens (including phenoxy) is 1. The van der Waals surface area contributed by atoms with Crippen LogP contribution in [0.4, 0.5) is 4.39 Å². The SMILES string of the molecule is CC(=O)c1c(C)[nH]c(C(=O)COC(=O)c2ccc(C)c(F)c2)c1C. The zero-order chi connectivity index (χ0) is 18.0. The summed E-state index contributed by atoms with van der Waals surface area (Å²) in [4.78, 5) is 38.6. The number of benzene rings is 1. The van der Waals surface area contributed by atoms with Gasteiger partial charge < -0.3 is 9.72 Å². The number of Topliss-reactive ketones (excluding diaryl/α,β-unsaturated/α-hetero) is 2. The summed E-state index contributed by atoms with van der Waals surface area (Å²) in [7, 11) is 0. The van der Waals surface area contributed by atoms with Crippen molar-refractivity contribution in [3.63, 3.8) is 0 Å². The van der Waals surface area contributed by atoms with Crippen molar-refractivity contribution in [1.29, 1.82) is 0 Å². The molecular formula is C18H18FNO4. The van der Waals surface area contributed by atoms with E-state index in [0.29, 0.717) is 22.4 Å². The Bertz CT molecular complexity index is 836. The van der Waals surface area contributed by atoms with E-state index in [-0.39, 0.29) is 17.0 Å². The predicted molar refractivity (Wildman–Crippen MR) is 86.0 cm³/mol. The number of ketones is 2. The molecule has 0 unspecified atom stereocenters. The first kappa shape index (κ1) is 17.6. The Hall–Kier alpha value is -2.76. The number of rotatable bonds is 5. The fourth-order valence-electron chi connectivity index (χ4n) is 2.56. The highest BCUT2D eigenvalue weighted by molar-refractivity contribution is 6.04. The van der Waals surface area contributed by atoms with Crippen molar-refractivity contribution >= 4 is 17.5 Å². The van der Waals surface area contributed by atoms with Gasteiger partial charge in [-0.1, -0.05) is 6.07 Å². The van der Waals surface area contributed by atoms with E-state index in [0.717, 1.165) is 6.07 Å². The van der Waals surface area contributed by atoms with Gasteiger partial charge in [0.2, 0.25) is 5.78 Å². The van der Waals surface area contributed by atoms with Crippen LogP contribution >= 0.6 is 0 Å². The third kappa shape index (κ3) is 3.42. The van der Waals surface area contributed by atoms with E-state index in [9.17, 15) is 18.8 Å². The highest BCUT2D eigenvalue weighted by Crippen LogP contribution is 2.19. The van der Waals surface area contributed by atoms with Gasteiger partial charge in [0.05, 0.1) is 11.3 Å². The lowest BCUT2D eigenvalue weighted by atomic mass is 10.1. The molecular weight excluding hydrogens is 313 g/mol. The molecule has 126 valence electrons. The number of nitrogens with one attached hydrogen (secondary N) is 1. The molecule has 6 heteroatoms. The van der Waals surface area contributed by atoms with Crippen molar-refractivity contribution in [3.05, 3.63) is 57.7 Å². The molecule has 0 radical (unpaired) electrons. The number of hydrogen-bond donors (Lipinski definition) is 1. The molecule has 0 aliphatic rings. The number of aromatic amines is 1. The van der Waals surface area contributed by atoms with Crippen LogP contribution < -0.4 is 0 Å². The smallest absolute Gasteiger partial charge is 0.338 e. The van der Waals surface area contributed by atoms with Crippen LogP contribution in [0.2, 0.25) is 0 Å². The van der Waals surface area contributed by atoms with Crippen LogP contribution in [-0.2, 0) is 4.74 Å². The van der Waals surface area contributed by atoms with Gasteiger partial charge in [-0.25, -0.2) is 9.18 Å². The van der Waals surface area contributed by atoms with Gasteiger partial charge in [-0.15, -0.1) is 0 Å². The second-order valence-electron chi connectivity index (χ2n) is 5.64. The number of carbonyl (C=O) groups excluding carboxylic acids is 3. The van der Waals surface area contributed by atoms with Crippen LogP contribution in [0.5, 0.6) is 0 Å². The van der Waals surface area contributed by atoms with Gasteiger partial charge in [-0.2, -0.15) is 0 Å². The van der Waals surface area contributed by atoms with Gasteiger partial charge in [0.1, 0.15) is 5.82 Å². The van der Waals surface area contributed by atoms with Crippen LogP contribution in [0.25, 0.3) is 0 Å². The van der Waals surface area contributed by atoms with Gasteiger partial charge in [-0.3, -0.25) is 9.59 Å². The van der Waals surface area contributed by atoms with Crippen LogP contribution in [0, 0.1) is 26.6 Å². The first-order valence-corrected chi connectivity index (χ1v) is 7.39. The fourth-order valence-corrected chi connectivity index (χ4v) is 2.56. The topological polar surface area (TPSA) is 76.2 Å². The van der Waals surface area contributed by atoms with E-state index in [2.05, 4.69) is 4.98 Å². The van der Waals surface area contributed by atoms with Crippen molar-refractivity contribution in [3.8, 4) is 0 Å². The van der Waals surface area contributed by atoms with Crippen LogP contribution in [-0.4, -0.2) is 29.1 Å². The molecule has 2 aromatic rings. The average molecular weight is 331 g/mol. The van der Waals surface area contributed by atoms with E-state index in [1.54, 1.807) is 20.8 Å². The monoisotopic (exact) mass is 331 g/mol. The van der Waals surface area contributed by atoms with Gasteiger partial charge in [0.15, 0.2) is 12.4 Å². The molecule has 1 heterocycles. The maximum Gasteiger partial charge on any atom is 0.338 e. The summed E-state index contributed by atoms with van der Waals surface area (Å²) in [6, 6.07) is 3.97. The normalized spacial score (nSPS) is 10.5.